The summed E-state index contributed by atoms with van der Waals surface area (Å²) in [6.07, 6.45) is 3.27. The molecule has 7 heteroatoms. The lowest BCUT2D eigenvalue weighted by Crippen LogP contribution is -2.26. The number of sulfonamides is 1. The molecule has 0 amide bonds. The standard InChI is InChI=1S/C12H14N2O3S2/c1-14(8-10-3-2-5-13-7-10)19(16,17)12-4-6-18-11(12)9-15/h2-7,15H,8-9H2,1H3. The van der Waals surface area contributed by atoms with Gasteiger partial charge in [0.25, 0.3) is 0 Å². The number of thiophene rings is 1. The van der Waals surface area contributed by atoms with E-state index in [1.807, 2.05) is 6.07 Å². The van der Waals surface area contributed by atoms with E-state index in [0.29, 0.717) is 4.88 Å². The minimum Gasteiger partial charge on any atom is -0.391 e. The fourth-order valence-corrected chi connectivity index (χ4v) is 4.10. The van der Waals surface area contributed by atoms with E-state index in [9.17, 15) is 8.42 Å². The lowest BCUT2D eigenvalue weighted by Gasteiger charge is -2.17. The maximum atomic E-state index is 12.4. The van der Waals surface area contributed by atoms with E-state index in [4.69, 9.17) is 5.11 Å². The van der Waals surface area contributed by atoms with Crippen LogP contribution in [0.15, 0.2) is 40.9 Å². The Morgan fingerprint density at radius 2 is 2.21 bits per heavy atom. The molecule has 19 heavy (non-hydrogen) atoms. The van der Waals surface area contributed by atoms with E-state index < -0.39 is 10.0 Å². The summed E-state index contributed by atoms with van der Waals surface area (Å²) in [6, 6.07) is 5.10. The third-order valence-corrected chi connectivity index (χ3v) is 5.59. The van der Waals surface area contributed by atoms with Crippen LogP contribution in [0, 0.1) is 0 Å². The van der Waals surface area contributed by atoms with Gasteiger partial charge in [-0.3, -0.25) is 4.98 Å². The van der Waals surface area contributed by atoms with E-state index in [0.717, 1.165) is 5.56 Å². The number of hydrogen-bond acceptors (Lipinski definition) is 5. The largest absolute Gasteiger partial charge is 0.391 e. The zero-order chi connectivity index (χ0) is 13.9. The van der Waals surface area contributed by atoms with Crippen molar-refractivity contribution in [2.75, 3.05) is 7.05 Å². The highest BCUT2D eigenvalue weighted by Crippen LogP contribution is 2.25. The quantitative estimate of drug-likeness (QED) is 0.907. The van der Waals surface area contributed by atoms with Crippen LogP contribution in [-0.2, 0) is 23.2 Å². The van der Waals surface area contributed by atoms with Gasteiger partial charge in [0.05, 0.1) is 11.5 Å². The Bertz CT molecular complexity index is 638. The van der Waals surface area contributed by atoms with Gasteiger partial charge in [-0.2, -0.15) is 4.31 Å². The van der Waals surface area contributed by atoms with Gasteiger partial charge in [0.2, 0.25) is 10.0 Å². The van der Waals surface area contributed by atoms with Crippen molar-refractivity contribution in [1.29, 1.82) is 0 Å². The van der Waals surface area contributed by atoms with Crippen LogP contribution in [0.3, 0.4) is 0 Å². The van der Waals surface area contributed by atoms with Crippen molar-refractivity contribution in [3.8, 4) is 0 Å². The number of aliphatic hydroxyl groups is 1. The second-order valence-corrected chi connectivity index (χ2v) is 7.00. The maximum Gasteiger partial charge on any atom is 0.244 e. The first-order valence-electron chi connectivity index (χ1n) is 5.58. The second kappa shape index (κ2) is 5.79. The Kier molecular flexibility index (Phi) is 4.31. The summed E-state index contributed by atoms with van der Waals surface area (Å²) >= 11 is 1.23. The summed E-state index contributed by atoms with van der Waals surface area (Å²) in [5.74, 6) is 0. The van der Waals surface area contributed by atoms with Crippen LogP contribution < -0.4 is 0 Å². The molecule has 0 aliphatic heterocycles. The van der Waals surface area contributed by atoms with E-state index >= 15 is 0 Å². The van der Waals surface area contributed by atoms with E-state index in [-0.39, 0.29) is 18.0 Å². The summed E-state index contributed by atoms with van der Waals surface area (Å²) in [5, 5.41) is 10.8. The van der Waals surface area contributed by atoms with Crippen molar-refractivity contribution in [3.63, 3.8) is 0 Å². The maximum absolute atomic E-state index is 12.4. The van der Waals surface area contributed by atoms with Gasteiger partial charge in [0, 0.05) is 30.9 Å². The highest BCUT2D eigenvalue weighted by atomic mass is 32.2. The number of rotatable bonds is 5. The normalized spacial score (nSPS) is 11.9. The molecule has 0 saturated heterocycles. The molecule has 0 aliphatic carbocycles. The fraction of sp³-hybridized carbons (Fsp3) is 0.250. The van der Waals surface area contributed by atoms with Crippen LogP contribution in [0.25, 0.3) is 0 Å². The Morgan fingerprint density at radius 3 is 2.84 bits per heavy atom. The first-order valence-corrected chi connectivity index (χ1v) is 7.90. The monoisotopic (exact) mass is 298 g/mol. The first-order chi connectivity index (χ1) is 9.05. The fourth-order valence-electron chi connectivity index (χ4n) is 1.68. The molecule has 5 nitrogen and oxygen atoms in total. The average Bonchev–Trinajstić information content (AvgIpc) is 2.88. The van der Waals surface area contributed by atoms with Gasteiger partial charge in [-0.25, -0.2) is 8.42 Å². The summed E-state index contributed by atoms with van der Waals surface area (Å²) in [7, 11) is -2.07. The lowest BCUT2D eigenvalue weighted by molar-refractivity contribution is 0.282. The van der Waals surface area contributed by atoms with Crippen LogP contribution in [0.2, 0.25) is 0 Å². The highest BCUT2D eigenvalue weighted by Gasteiger charge is 2.24. The average molecular weight is 298 g/mol. The van der Waals surface area contributed by atoms with Gasteiger partial charge >= 0.3 is 0 Å². The molecule has 1 N–H and O–H groups in total. The molecule has 0 unspecified atom stereocenters. The number of aliphatic hydroxyl groups excluding tert-OH is 1. The molecule has 2 rings (SSSR count). The molecular weight excluding hydrogens is 284 g/mol. The van der Waals surface area contributed by atoms with E-state index in [1.54, 1.807) is 23.8 Å². The summed E-state index contributed by atoms with van der Waals surface area (Å²) in [4.78, 5) is 4.59. The number of nitrogens with zero attached hydrogens (tertiary/aromatic N) is 2. The van der Waals surface area contributed by atoms with Crippen molar-refractivity contribution in [2.24, 2.45) is 0 Å². The topological polar surface area (TPSA) is 70.5 Å². The van der Waals surface area contributed by atoms with Crippen molar-refractivity contribution >= 4 is 21.4 Å². The van der Waals surface area contributed by atoms with Crippen LogP contribution in [-0.4, -0.2) is 29.9 Å². The number of pyridine rings is 1. The van der Waals surface area contributed by atoms with Gasteiger partial charge < -0.3 is 5.11 Å². The molecule has 0 radical (unpaired) electrons. The van der Waals surface area contributed by atoms with Crippen LogP contribution in [0.4, 0.5) is 0 Å². The summed E-state index contributed by atoms with van der Waals surface area (Å²) in [6.45, 7) is -0.0240. The lowest BCUT2D eigenvalue weighted by atomic mass is 10.3. The van der Waals surface area contributed by atoms with E-state index in [1.165, 1.54) is 28.8 Å². The van der Waals surface area contributed by atoms with Crippen LogP contribution >= 0.6 is 11.3 Å². The van der Waals surface area contributed by atoms with Crippen LogP contribution in [0.5, 0.6) is 0 Å². The summed E-state index contributed by atoms with van der Waals surface area (Å²) in [5.41, 5.74) is 0.814. The molecule has 2 heterocycles. The van der Waals surface area contributed by atoms with Crippen LogP contribution in [0.1, 0.15) is 10.4 Å². The molecule has 102 valence electrons. The molecular formula is C12H14N2O3S2. The Hall–Kier alpha value is -1.28. The molecule has 0 aromatic carbocycles. The van der Waals surface area contributed by atoms with Gasteiger partial charge in [0.1, 0.15) is 0 Å². The number of aromatic nitrogens is 1. The Labute approximate surface area is 116 Å². The second-order valence-electron chi connectivity index (χ2n) is 3.99. The van der Waals surface area contributed by atoms with Gasteiger partial charge in [-0.1, -0.05) is 6.07 Å². The molecule has 0 saturated carbocycles. The Balaban J connectivity index is 2.25. The molecule has 0 bridgehead atoms. The van der Waals surface area contributed by atoms with Crippen molar-refractivity contribution in [2.45, 2.75) is 18.0 Å². The summed E-state index contributed by atoms with van der Waals surface area (Å²) < 4.78 is 26.0. The smallest absolute Gasteiger partial charge is 0.244 e. The van der Waals surface area contributed by atoms with Gasteiger partial charge in [-0.05, 0) is 23.1 Å². The SMILES string of the molecule is CN(Cc1cccnc1)S(=O)(=O)c1ccsc1CO. The molecule has 2 aromatic rings. The van der Waals surface area contributed by atoms with Crippen molar-refractivity contribution in [1.82, 2.24) is 9.29 Å². The van der Waals surface area contributed by atoms with Crippen molar-refractivity contribution < 1.29 is 13.5 Å². The highest BCUT2D eigenvalue weighted by molar-refractivity contribution is 7.89. The zero-order valence-corrected chi connectivity index (χ0v) is 12.0. The number of hydrogen-bond donors (Lipinski definition) is 1. The van der Waals surface area contributed by atoms with Crippen molar-refractivity contribution in [3.05, 3.63) is 46.4 Å². The molecule has 0 spiro atoms. The van der Waals surface area contributed by atoms with Gasteiger partial charge in [0.15, 0.2) is 0 Å². The first kappa shape index (κ1) is 14.1. The predicted octanol–water partition coefficient (Wildman–Crippen LogP) is 1.46. The van der Waals surface area contributed by atoms with Gasteiger partial charge in [-0.15, -0.1) is 11.3 Å². The molecule has 2 aromatic heterocycles. The minimum atomic E-state index is -3.58. The predicted molar refractivity (Wildman–Crippen MR) is 73.1 cm³/mol. The Morgan fingerprint density at radius 1 is 1.42 bits per heavy atom. The zero-order valence-electron chi connectivity index (χ0n) is 10.4. The molecule has 0 fully saturated rings. The third kappa shape index (κ3) is 3.01. The molecule has 0 atom stereocenters. The third-order valence-electron chi connectivity index (χ3n) is 2.66. The molecule has 0 aliphatic rings. The van der Waals surface area contributed by atoms with E-state index in [2.05, 4.69) is 4.98 Å². The minimum absolute atomic E-state index is 0.173.